The standard InChI is InChI=1S/C17H17BrN4O2/c1-9(2)22-16-11(7-20-22)6-12(8-19-16)21-17(24)13-4-10(3)5-14(18)15(13)23/h4-9,23H,1-3H3,(H,21,24). The number of pyridine rings is 1. The molecule has 0 saturated carbocycles. The van der Waals surface area contributed by atoms with Crippen molar-refractivity contribution < 1.29 is 9.90 Å². The molecule has 2 heterocycles. The average Bonchev–Trinajstić information content (AvgIpc) is 2.94. The highest BCUT2D eigenvalue weighted by Crippen LogP contribution is 2.30. The molecule has 1 amide bonds. The van der Waals surface area contributed by atoms with E-state index in [0.717, 1.165) is 16.6 Å². The Morgan fingerprint density at radius 3 is 2.75 bits per heavy atom. The molecule has 0 aliphatic carbocycles. The zero-order chi connectivity index (χ0) is 17.4. The highest BCUT2D eigenvalue weighted by atomic mass is 79.9. The van der Waals surface area contributed by atoms with E-state index in [2.05, 4.69) is 31.3 Å². The van der Waals surface area contributed by atoms with Crippen LogP contribution in [0.25, 0.3) is 11.0 Å². The number of aromatic hydroxyl groups is 1. The number of benzene rings is 1. The number of amides is 1. The molecule has 0 aliphatic heterocycles. The molecule has 7 heteroatoms. The minimum atomic E-state index is -0.394. The molecule has 2 aromatic heterocycles. The van der Waals surface area contributed by atoms with Crippen LogP contribution >= 0.6 is 15.9 Å². The fourth-order valence-corrected chi connectivity index (χ4v) is 3.07. The van der Waals surface area contributed by atoms with Gasteiger partial charge in [0.15, 0.2) is 5.65 Å². The van der Waals surface area contributed by atoms with Gasteiger partial charge in [-0.05, 0) is 60.5 Å². The maximum Gasteiger partial charge on any atom is 0.259 e. The normalized spacial score (nSPS) is 11.2. The van der Waals surface area contributed by atoms with E-state index >= 15 is 0 Å². The molecule has 24 heavy (non-hydrogen) atoms. The molecule has 0 atom stereocenters. The van der Waals surface area contributed by atoms with Crippen LogP contribution in [-0.2, 0) is 0 Å². The Morgan fingerprint density at radius 1 is 1.29 bits per heavy atom. The van der Waals surface area contributed by atoms with Crippen LogP contribution in [0.15, 0.2) is 35.1 Å². The smallest absolute Gasteiger partial charge is 0.259 e. The van der Waals surface area contributed by atoms with Crippen LogP contribution in [0.1, 0.15) is 35.8 Å². The summed E-state index contributed by atoms with van der Waals surface area (Å²) in [5.41, 5.74) is 2.40. The van der Waals surface area contributed by atoms with Crippen molar-refractivity contribution in [3.63, 3.8) is 0 Å². The second-order valence-corrected chi connectivity index (χ2v) is 6.77. The summed E-state index contributed by atoms with van der Waals surface area (Å²) >= 11 is 3.25. The van der Waals surface area contributed by atoms with Crippen LogP contribution in [0, 0.1) is 6.92 Å². The van der Waals surface area contributed by atoms with E-state index in [9.17, 15) is 9.90 Å². The number of anilines is 1. The lowest BCUT2D eigenvalue weighted by molar-refractivity contribution is 0.102. The van der Waals surface area contributed by atoms with Crippen molar-refractivity contribution in [1.29, 1.82) is 0 Å². The first kappa shape index (κ1) is 16.4. The molecule has 124 valence electrons. The first-order chi connectivity index (χ1) is 11.4. The third kappa shape index (κ3) is 2.99. The lowest BCUT2D eigenvalue weighted by Gasteiger charge is -2.10. The number of carbonyl (C=O) groups excluding carboxylic acids is 1. The number of hydrogen-bond donors (Lipinski definition) is 2. The van der Waals surface area contributed by atoms with Gasteiger partial charge < -0.3 is 10.4 Å². The van der Waals surface area contributed by atoms with Gasteiger partial charge in [-0.1, -0.05) is 0 Å². The van der Waals surface area contributed by atoms with Crippen molar-refractivity contribution in [3.8, 4) is 5.75 Å². The summed E-state index contributed by atoms with van der Waals surface area (Å²) < 4.78 is 2.31. The summed E-state index contributed by atoms with van der Waals surface area (Å²) in [5.74, 6) is -0.478. The minimum absolute atomic E-state index is 0.0836. The Labute approximate surface area is 147 Å². The number of hydrogen-bond acceptors (Lipinski definition) is 4. The van der Waals surface area contributed by atoms with Crippen molar-refractivity contribution in [2.45, 2.75) is 26.8 Å². The molecule has 3 rings (SSSR count). The zero-order valence-electron chi connectivity index (χ0n) is 13.5. The second-order valence-electron chi connectivity index (χ2n) is 5.92. The van der Waals surface area contributed by atoms with Gasteiger partial charge in [-0.25, -0.2) is 9.67 Å². The van der Waals surface area contributed by atoms with Gasteiger partial charge in [-0.2, -0.15) is 5.10 Å². The molecule has 0 unspecified atom stereocenters. The summed E-state index contributed by atoms with van der Waals surface area (Å²) in [6.07, 6.45) is 3.31. The molecule has 0 saturated heterocycles. The quantitative estimate of drug-likeness (QED) is 0.709. The molecule has 2 N–H and O–H groups in total. The summed E-state index contributed by atoms with van der Waals surface area (Å²) in [6.45, 7) is 5.92. The van der Waals surface area contributed by atoms with Crippen molar-refractivity contribution in [1.82, 2.24) is 14.8 Å². The summed E-state index contributed by atoms with van der Waals surface area (Å²) in [7, 11) is 0. The van der Waals surface area contributed by atoms with Gasteiger partial charge >= 0.3 is 0 Å². The number of rotatable bonds is 3. The van der Waals surface area contributed by atoms with Gasteiger partial charge in [-0.15, -0.1) is 0 Å². The SMILES string of the molecule is Cc1cc(Br)c(O)c(C(=O)Nc2cnc3c(cnn3C(C)C)c2)c1. The summed E-state index contributed by atoms with van der Waals surface area (Å²) in [5, 5.41) is 18.0. The van der Waals surface area contributed by atoms with E-state index in [4.69, 9.17) is 0 Å². The van der Waals surface area contributed by atoms with Crippen molar-refractivity contribution in [3.05, 3.63) is 46.2 Å². The lowest BCUT2D eigenvalue weighted by atomic mass is 10.1. The molecular formula is C17H17BrN4O2. The third-order valence-corrected chi connectivity index (χ3v) is 4.24. The van der Waals surface area contributed by atoms with Gasteiger partial charge in [0.05, 0.1) is 28.1 Å². The van der Waals surface area contributed by atoms with Crippen LogP contribution < -0.4 is 5.32 Å². The summed E-state index contributed by atoms with van der Waals surface area (Å²) in [4.78, 5) is 16.8. The van der Waals surface area contributed by atoms with Gasteiger partial charge in [0.25, 0.3) is 5.91 Å². The third-order valence-electron chi connectivity index (χ3n) is 3.63. The van der Waals surface area contributed by atoms with Crippen LogP contribution in [0.2, 0.25) is 0 Å². The molecule has 0 spiro atoms. The number of carbonyl (C=O) groups is 1. The average molecular weight is 389 g/mol. The predicted molar refractivity (Wildman–Crippen MR) is 96.4 cm³/mol. The van der Waals surface area contributed by atoms with Gasteiger partial charge in [0, 0.05) is 11.4 Å². The van der Waals surface area contributed by atoms with Gasteiger partial charge in [-0.3, -0.25) is 4.79 Å². The number of phenols is 1. The Kier molecular flexibility index (Phi) is 4.28. The molecule has 0 fully saturated rings. The minimum Gasteiger partial charge on any atom is -0.506 e. The fraction of sp³-hybridized carbons (Fsp3) is 0.235. The highest BCUT2D eigenvalue weighted by Gasteiger charge is 2.16. The summed E-state index contributed by atoms with van der Waals surface area (Å²) in [6, 6.07) is 5.41. The van der Waals surface area contributed by atoms with Gasteiger partial charge in [0.1, 0.15) is 5.75 Å². The van der Waals surface area contributed by atoms with E-state index in [-0.39, 0.29) is 17.4 Å². The van der Waals surface area contributed by atoms with E-state index in [0.29, 0.717) is 10.2 Å². The Balaban J connectivity index is 1.91. The van der Waals surface area contributed by atoms with Crippen LogP contribution in [0.5, 0.6) is 5.75 Å². The Bertz CT molecular complexity index is 934. The van der Waals surface area contributed by atoms with E-state index in [1.807, 2.05) is 31.5 Å². The van der Waals surface area contributed by atoms with Crippen LogP contribution in [0.4, 0.5) is 5.69 Å². The maximum atomic E-state index is 12.4. The van der Waals surface area contributed by atoms with E-state index in [1.54, 1.807) is 24.5 Å². The highest BCUT2D eigenvalue weighted by molar-refractivity contribution is 9.10. The topological polar surface area (TPSA) is 80.0 Å². The first-order valence-electron chi connectivity index (χ1n) is 7.50. The van der Waals surface area contributed by atoms with Crippen molar-refractivity contribution >= 4 is 38.6 Å². The number of fused-ring (bicyclic) bond motifs is 1. The van der Waals surface area contributed by atoms with Crippen LogP contribution in [-0.4, -0.2) is 25.8 Å². The number of phenolic OH excluding ortho intramolecular Hbond substituents is 1. The molecule has 1 aromatic carbocycles. The zero-order valence-corrected chi connectivity index (χ0v) is 15.1. The Morgan fingerprint density at radius 2 is 2.04 bits per heavy atom. The molecule has 6 nitrogen and oxygen atoms in total. The predicted octanol–water partition coefficient (Wildman–Crippen LogP) is 4.04. The number of nitrogens with one attached hydrogen (secondary N) is 1. The number of nitrogens with zero attached hydrogens (tertiary/aromatic N) is 3. The number of aryl methyl sites for hydroxylation is 1. The maximum absolute atomic E-state index is 12.4. The monoisotopic (exact) mass is 388 g/mol. The number of aromatic nitrogens is 3. The second kappa shape index (κ2) is 6.24. The van der Waals surface area contributed by atoms with Gasteiger partial charge in [0.2, 0.25) is 0 Å². The van der Waals surface area contributed by atoms with Crippen molar-refractivity contribution in [2.24, 2.45) is 0 Å². The van der Waals surface area contributed by atoms with Crippen molar-refractivity contribution in [2.75, 3.05) is 5.32 Å². The van der Waals surface area contributed by atoms with E-state index < -0.39 is 5.91 Å². The lowest BCUT2D eigenvalue weighted by Crippen LogP contribution is -2.13. The molecular weight excluding hydrogens is 372 g/mol. The Hall–Kier alpha value is -2.41. The fourth-order valence-electron chi connectivity index (χ4n) is 2.49. The van der Waals surface area contributed by atoms with E-state index in [1.165, 1.54) is 0 Å². The first-order valence-corrected chi connectivity index (χ1v) is 8.30. The molecule has 0 radical (unpaired) electrons. The van der Waals surface area contributed by atoms with Crippen LogP contribution in [0.3, 0.4) is 0 Å². The number of halogens is 1. The molecule has 3 aromatic rings. The largest absolute Gasteiger partial charge is 0.506 e. The molecule has 0 bridgehead atoms. The molecule has 0 aliphatic rings.